The van der Waals surface area contributed by atoms with Crippen LogP contribution in [0.2, 0.25) is 0 Å². The second kappa shape index (κ2) is 18.3. The van der Waals surface area contributed by atoms with Crippen LogP contribution in [-0.4, -0.2) is 60.3 Å². The number of benzene rings is 5. The average Bonchev–Trinajstić information content (AvgIpc) is 3.91. The number of phenols is 5. The first-order valence-electron chi connectivity index (χ1n) is 20.0. The van der Waals surface area contributed by atoms with Gasteiger partial charge in [0.1, 0.15) is 52.0 Å². The van der Waals surface area contributed by atoms with Crippen molar-refractivity contribution >= 4 is 5.78 Å². The van der Waals surface area contributed by atoms with Gasteiger partial charge in [-0.25, -0.2) is 0 Å². The quantitative estimate of drug-likeness (QED) is 0.0679. The van der Waals surface area contributed by atoms with Crippen LogP contribution in [0.5, 0.6) is 34.5 Å². The zero-order chi connectivity index (χ0) is 42.3. The Labute approximate surface area is 347 Å². The molecule has 8 rings (SSSR count). The van der Waals surface area contributed by atoms with E-state index in [-0.39, 0.29) is 68.9 Å². The third-order valence-corrected chi connectivity index (χ3v) is 10.6. The van der Waals surface area contributed by atoms with Gasteiger partial charge in [0.15, 0.2) is 11.5 Å². The Kier molecular flexibility index (Phi) is 12.5. The first-order chi connectivity index (χ1) is 29.0. The number of aromatic nitrogens is 2. The van der Waals surface area contributed by atoms with E-state index in [0.29, 0.717) is 41.1 Å². The van der Waals surface area contributed by atoms with Gasteiger partial charge in [-0.15, -0.1) is 0 Å². The highest BCUT2D eigenvalue weighted by Gasteiger charge is 2.34. The summed E-state index contributed by atoms with van der Waals surface area (Å²) in [6, 6.07) is 29.4. The number of aromatic hydroxyl groups is 5. The molecule has 6 N–H and O–H groups in total. The summed E-state index contributed by atoms with van der Waals surface area (Å²) >= 11 is 0. The van der Waals surface area contributed by atoms with E-state index < -0.39 is 5.78 Å². The molecule has 5 aromatic carbocycles. The molecule has 0 amide bonds. The van der Waals surface area contributed by atoms with Crippen LogP contribution in [0.3, 0.4) is 0 Å². The number of rotatable bonds is 11. The summed E-state index contributed by atoms with van der Waals surface area (Å²) in [6.07, 6.45) is 4.99. The fourth-order valence-electron chi connectivity index (χ4n) is 7.42. The van der Waals surface area contributed by atoms with Gasteiger partial charge in [-0.2, -0.15) is 0 Å². The van der Waals surface area contributed by atoms with E-state index in [9.17, 15) is 25.5 Å². The number of hydrogen-bond donors (Lipinski definition) is 6. The zero-order valence-electron chi connectivity index (χ0n) is 33.6. The van der Waals surface area contributed by atoms with E-state index >= 15 is 4.79 Å². The minimum Gasteiger partial charge on any atom is -0.508 e. The van der Waals surface area contributed by atoms with E-state index in [4.69, 9.17) is 13.8 Å². The van der Waals surface area contributed by atoms with Crippen molar-refractivity contribution in [3.63, 3.8) is 0 Å². The number of nitrogens with zero attached hydrogens (tertiary/aromatic N) is 2. The Balaban J connectivity index is 0.000000285. The third-order valence-electron chi connectivity index (χ3n) is 10.6. The molecule has 0 bridgehead atoms. The topological polar surface area (TPSA) is 192 Å². The Morgan fingerprint density at radius 2 is 1.08 bits per heavy atom. The smallest absolute Gasteiger partial charge is 0.205 e. The Bertz CT molecular complexity index is 2410. The molecule has 60 heavy (non-hydrogen) atoms. The van der Waals surface area contributed by atoms with Gasteiger partial charge in [0.05, 0.1) is 11.1 Å². The van der Waals surface area contributed by atoms with E-state index in [1.165, 1.54) is 55.7 Å². The average molecular weight is 810 g/mol. The molecule has 0 aliphatic carbocycles. The molecule has 0 spiro atoms. The summed E-state index contributed by atoms with van der Waals surface area (Å²) in [4.78, 5) is 15.0. The molecule has 12 nitrogen and oxygen atoms in total. The predicted octanol–water partition coefficient (Wildman–Crippen LogP) is 9.81. The second-order valence-electron chi connectivity index (χ2n) is 14.7. The van der Waals surface area contributed by atoms with Crippen molar-refractivity contribution in [1.29, 1.82) is 0 Å². The van der Waals surface area contributed by atoms with Crippen LogP contribution in [0.15, 0.2) is 118 Å². The molecule has 1 aliphatic rings. The van der Waals surface area contributed by atoms with Gasteiger partial charge in [-0.05, 0) is 159 Å². The molecule has 308 valence electrons. The van der Waals surface area contributed by atoms with E-state index in [2.05, 4.69) is 22.6 Å². The van der Waals surface area contributed by atoms with Crippen LogP contribution in [0.25, 0.3) is 45.2 Å². The molecule has 0 radical (unpaired) electrons. The SMILES string of the molecule is CC(Oc1ccc(O)cc1)C1CCCCN1.CCc1cc(O)ccc1-c1noc(-c2ccc(O)cc2)c1C(=O)c1c(-c2ccc(O)cc2CC)noc1-c1ccc(O)cc1. The van der Waals surface area contributed by atoms with Gasteiger partial charge in [-0.1, -0.05) is 30.6 Å². The lowest BCUT2D eigenvalue weighted by Gasteiger charge is -2.29. The molecule has 1 fully saturated rings. The van der Waals surface area contributed by atoms with Crippen LogP contribution in [0, 0.1) is 0 Å². The van der Waals surface area contributed by atoms with Crippen LogP contribution in [-0.2, 0) is 12.8 Å². The third kappa shape index (κ3) is 8.98. The first kappa shape index (κ1) is 41.1. The standard InChI is InChI=1S/C35H28N2O7.C13H19NO2/c1-3-19-17-25(40)13-15-27(19)31-29(34(43-36-31)21-5-9-23(38)10-6-21)33(42)30-32(28-16-14-26(41)18-20(28)4-2)37-44-35(30)22-7-11-24(39)12-8-22;1-10(13-4-2-3-9-14-13)16-12-7-5-11(15)6-8-12/h5-18,38-41H,3-4H2,1-2H3;5-8,10,13-15H,2-4,9H2,1H3. The first-order valence-corrected chi connectivity index (χ1v) is 20.0. The maximum absolute atomic E-state index is 15.0. The fraction of sp³-hybridized carbons (Fsp3) is 0.229. The zero-order valence-corrected chi connectivity index (χ0v) is 33.6. The van der Waals surface area contributed by atoms with E-state index in [1.54, 1.807) is 72.8 Å². The molecule has 1 aliphatic heterocycles. The lowest BCUT2D eigenvalue weighted by Crippen LogP contribution is -2.44. The van der Waals surface area contributed by atoms with Gasteiger partial charge in [0.25, 0.3) is 0 Å². The number of carbonyl (C=O) groups excluding carboxylic acids is 1. The molecule has 2 unspecified atom stereocenters. The number of ether oxygens (including phenoxy) is 1. The highest BCUT2D eigenvalue weighted by Crippen LogP contribution is 2.42. The van der Waals surface area contributed by atoms with E-state index in [1.807, 2.05) is 13.8 Å². The molecule has 12 heteroatoms. The minimum atomic E-state index is -0.492. The minimum absolute atomic E-state index is 0.0449. The Morgan fingerprint density at radius 3 is 1.50 bits per heavy atom. The molecule has 1 saturated heterocycles. The van der Waals surface area contributed by atoms with Crippen molar-refractivity contribution in [2.75, 3.05) is 6.54 Å². The molecular formula is C48H47N3O9. The normalized spacial score (nSPS) is 14.2. The van der Waals surface area contributed by atoms with Crippen LogP contribution in [0.1, 0.15) is 67.1 Å². The summed E-state index contributed by atoms with van der Waals surface area (Å²) in [7, 11) is 0. The van der Waals surface area contributed by atoms with Crippen molar-refractivity contribution in [3.8, 4) is 79.7 Å². The van der Waals surface area contributed by atoms with Gasteiger partial charge < -0.3 is 44.6 Å². The molecule has 2 aromatic heterocycles. The van der Waals surface area contributed by atoms with Gasteiger partial charge in [0.2, 0.25) is 5.78 Å². The maximum Gasteiger partial charge on any atom is 0.205 e. The molecule has 7 aromatic rings. The van der Waals surface area contributed by atoms with Gasteiger partial charge in [0, 0.05) is 28.3 Å². The second-order valence-corrected chi connectivity index (χ2v) is 14.7. The summed E-state index contributed by atoms with van der Waals surface area (Å²) in [6.45, 7) is 7.04. The summed E-state index contributed by atoms with van der Waals surface area (Å²) in [5.41, 5.74) is 4.52. The fourth-order valence-corrected chi connectivity index (χ4v) is 7.42. The van der Waals surface area contributed by atoms with Crippen molar-refractivity contribution in [2.24, 2.45) is 0 Å². The number of phenolic OH excluding ortho intramolecular Hbond substituents is 5. The Morgan fingerprint density at radius 1 is 0.650 bits per heavy atom. The lowest BCUT2D eigenvalue weighted by molar-refractivity contribution is 0.104. The van der Waals surface area contributed by atoms with Crippen molar-refractivity contribution in [3.05, 3.63) is 131 Å². The number of ketones is 1. The van der Waals surface area contributed by atoms with Gasteiger partial charge >= 0.3 is 0 Å². The number of carbonyl (C=O) groups is 1. The summed E-state index contributed by atoms with van der Waals surface area (Å²) in [5, 5.41) is 61.6. The van der Waals surface area contributed by atoms with Crippen molar-refractivity contribution < 1.29 is 44.1 Å². The maximum atomic E-state index is 15.0. The highest BCUT2D eigenvalue weighted by molar-refractivity contribution is 6.20. The summed E-state index contributed by atoms with van der Waals surface area (Å²) < 4.78 is 17.6. The monoisotopic (exact) mass is 809 g/mol. The molecule has 0 saturated carbocycles. The number of aryl methyl sites for hydroxylation is 2. The number of hydrogen-bond acceptors (Lipinski definition) is 12. The van der Waals surface area contributed by atoms with Crippen LogP contribution < -0.4 is 10.1 Å². The summed E-state index contributed by atoms with van der Waals surface area (Å²) in [5.74, 6) is 1.19. The number of piperidine rings is 1. The molecule has 3 heterocycles. The lowest BCUT2D eigenvalue weighted by atomic mass is 9.89. The molecular weight excluding hydrogens is 763 g/mol. The predicted molar refractivity (Wildman–Crippen MR) is 227 cm³/mol. The highest BCUT2D eigenvalue weighted by atomic mass is 16.5. The van der Waals surface area contributed by atoms with Crippen molar-refractivity contribution in [2.45, 2.75) is 65.0 Å². The number of nitrogens with one attached hydrogen (secondary N) is 1. The largest absolute Gasteiger partial charge is 0.508 e. The van der Waals surface area contributed by atoms with Gasteiger partial charge in [-0.3, -0.25) is 4.79 Å². The van der Waals surface area contributed by atoms with E-state index in [0.717, 1.165) is 23.4 Å². The van der Waals surface area contributed by atoms with Crippen LogP contribution in [0.4, 0.5) is 0 Å². The van der Waals surface area contributed by atoms with Crippen LogP contribution >= 0.6 is 0 Å². The molecule has 2 atom stereocenters. The van der Waals surface area contributed by atoms with Crippen molar-refractivity contribution in [1.82, 2.24) is 15.6 Å². The Hall–Kier alpha value is -7.05.